The highest BCUT2D eigenvalue weighted by atomic mass is 19.4. The number of rotatable bonds is 5. The van der Waals surface area contributed by atoms with Crippen molar-refractivity contribution in [2.24, 2.45) is 0 Å². The SMILES string of the molecule is COC(=O)c1ccc(N(Cc2cccc(C(F)(F)F)n2)C(C)C)c(F)c1. The molecule has 2 rings (SSSR count). The van der Waals surface area contributed by atoms with Gasteiger partial charge in [-0.05, 0) is 44.2 Å². The van der Waals surface area contributed by atoms with Gasteiger partial charge in [-0.15, -0.1) is 0 Å². The molecule has 0 aliphatic heterocycles. The Kier molecular flexibility index (Phi) is 5.84. The zero-order valence-electron chi connectivity index (χ0n) is 14.5. The molecule has 0 bridgehead atoms. The van der Waals surface area contributed by atoms with E-state index in [0.717, 1.165) is 12.1 Å². The average molecular weight is 370 g/mol. The largest absolute Gasteiger partial charge is 0.465 e. The Morgan fingerprint density at radius 1 is 1.23 bits per heavy atom. The van der Waals surface area contributed by atoms with Crippen LogP contribution in [0.1, 0.15) is 35.6 Å². The molecule has 2 aromatic rings. The van der Waals surface area contributed by atoms with E-state index in [-0.39, 0.29) is 29.5 Å². The Labute approximate surface area is 148 Å². The average Bonchev–Trinajstić information content (AvgIpc) is 2.58. The summed E-state index contributed by atoms with van der Waals surface area (Å²) in [4.78, 5) is 16.7. The number of halogens is 4. The zero-order chi connectivity index (χ0) is 19.5. The van der Waals surface area contributed by atoms with E-state index in [0.29, 0.717) is 0 Å². The van der Waals surface area contributed by atoms with Crippen LogP contribution in [-0.2, 0) is 17.5 Å². The summed E-state index contributed by atoms with van der Waals surface area (Å²) in [6.45, 7) is 3.54. The fourth-order valence-electron chi connectivity index (χ4n) is 2.43. The first kappa shape index (κ1) is 19.7. The second kappa shape index (κ2) is 7.72. The van der Waals surface area contributed by atoms with Crippen LogP contribution in [0.25, 0.3) is 0 Å². The summed E-state index contributed by atoms with van der Waals surface area (Å²) >= 11 is 0. The van der Waals surface area contributed by atoms with Crippen LogP contribution in [0.5, 0.6) is 0 Å². The third kappa shape index (κ3) is 4.50. The number of methoxy groups -OCH3 is 1. The van der Waals surface area contributed by atoms with Crippen molar-refractivity contribution in [2.45, 2.75) is 32.6 Å². The molecule has 4 nitrogen and oxygen atoms in total. The van der Waals surface area contributed by atoms with E-state index in [2.05, 4.69) is 9.72 Å². The van der Waals surface area contributed by atoms with E-state index in [1.807, 2.05) is 0 Å². The number of hydrogen-bond donors (Lipinski definition) is 0. The first-order valence-electron chi connectivity index (χ1n) is 7.81. The molecular formula is C18H18F4N2O2. The van der Waals surface area contributed by atoms with Crippen LogP contribution < -0.4 is 4.90 Å². The van der Waals surface area contributed by atoms with E-state index in [4.69, 9.17) is 0 Å². The van der Waals surface area contributed by atoms with Gasteiger partial charge in [0.2, 0.25) is 0 Å². The molecule has 0 amide bonds. The van der Waals surface area contributed by atoms with E-state index in [9.17, 15) is 22.4 Å². The number of carbonyl (C=O) groups excluding carboxylic acids is 1. The van der Waals surface area contributed by atoms with Crippen molar-refractivity contribution in [1.29, 1.82) is 0 Å². The molecule has 0 unspecified atom stereocenters. The lowest BCUT2D eigenvalue weighted by Crippen LogP contribution is -2.31. The van der Waals surface area contributed by atoms with Gasteiger partial charge in [-0.3, -0.25) is 0 Å². The van der Waals surface area contributed by atoms with Crippen molar-refractivity contribution in [2.75, 3.05) is 12.0 Å². The molecule has 1 aromatic heterocycles. The molecule has 1 aromatic carbocycles. The molecule has 0 fully saturated rings. The molecule has 1 heterocycles. The van der Waals surface area contributed by atoms with Gasteiger partial charge >= 0.3 is 12.1 Å². The lowest BCUT2D eigenvalue weighted by atomic mass is 10.1. The van der Waals surface area contributed by atoms with Crippen molar-refractivity contribution < 1.29 is 27.1 Å². The monoisotopic (exact) mass is 370 g/mol. The highest BCUT2D eigenvalue weighted by Gasteiger charge is 2.32. The molecule has 26 heavy (non-hydrogen) atoms. The molecule has 8 heteroatoms. The predicted molar refractivity (Wildman–Crippen MR) is 88.3 cm³/mol. The number of esters is 1. The Balaban J connectivity index is 2.35. The second-order valence-corrected chi connectivity index (χ2v) is 5.89. The van der Waals surface area contributed by atoms with Crippen LogP contribution in [0.3, 0.4) is 0 Å². The summed E-state index contributed by atoms with van der Waals surface area (Å²) in [6.07, 6.45) is -4.55. The molecule has 0 radical (unpaired) electrons. The normalized spacial score (nSPS) is 11.5. The summed E-state index contributed by atoms with van der Waals surface area (Å²) in [5.74, 6) is -1.35. The summed E-state index contributed by atoms with van der Waals surface area (Å²) in [5, 5.41) is 0. The van der Waals surface area contributed by atoms with Crippen LogP contribution in [0, 0.1) is 5.82 Å². The molecule has 140 valence electrons. The molecule has 0 spiro atoms. The van der Waals surface area contributed by atoms with Gasteiger partial charge in [0, 0.05) is 6.04 Å². The lowest BCUT2D eigenvalue weighted by molar-refractivity contribution is -0.141. The van der Waals surface area contributed by atoms with Gasteiger partial charge in [0.1, 0.15) is 11.5 Å². The van der Waals surface area contributed by atoms with Gasteiger partial charge in [-0.2, -0.15) is 13.2 Å². The molecule has 0 aliphatic rings. The predicted octanol–water partition coefficient (Wildman–Crippen LogP) is 4.44. The van der Waals surface area contributed by atoms with Crippen molar-refractivity contribution in [3.8, 4) is 0 Å². The summed E-state index contributed by atoms with van der Waals surface area (Å²) in [7, 11) is 1.19. The van der Waals surface area contributed by atoms with Gasteiger partial charge < -0.3 is 9.64 Å². The quantitative estimate of drug-likeness (QED) is 0.576. The third-order valence-corrected chi connectivity index (χ3v) is 3.73. The Bertz CT molecular complexity index is 791. The molecule has 0 aliphatic carbocycles. The molecule has 0 saturated carbocycles. The van der Waals surface area contributed by atoms with Gasteiger partial charge in [-0.1, -0.05) is 6.07 Å². The number of nitrogens with zero attached hydrogens (tertiary/aromatic N) is 2. The summed E-state index contributed by atoms with van der Waals surface area (Å²) < 4.78 is 57.5. The third-order valence-electron chi connectivity index (χ3n) is 3.73. The minimum atomic E-state index is -4.55. The number of ether oxygens (including phenoxy) is 1. The van der Waals surface area contributed by atoms with E-state index < -0.39 is 23.7 Å². The van der Waals surface area contributed by atoms with Gasteiger partial charge in [0.05, 0.1) is 30.6 Å². The maximum absolute atomic E-state index is 14.5. The Morgan fingerprint density at radius 3 is 2.46 bits per heavy atom. The number of benzene rings is 1. The second-order valence-electron chi connectivity index (χ2n) is 5.89. The van der Waals surface area contributed by atoms with E-state index in [1.54, 1.807) is 18.7 Å². The van der Waals surface area contributed by atoms with Gasteiger partial charge in [0.25, 0.3) is 0 Å². The van der Waals surface area contributed by atoms with Crippen molar-refractivity contribution in [3.05, 3.63) is 59.2 Å². The Hall–Kier alpha value is -2.64. The number of anilines is 1. The molecule has 0 N–H and O–H groups in total. The summed E-state index contributed by atoms with van der Waals surface area (Å²) in [5.41, 5.74) is -0.633. The Morgan fingerprint density at radius 2 is 1.92 bits per heavy atom. The fraction of sp³-hybridized carbons (Fsp3) is 0.333. The standard InChI is InChI=1S/C18H18F4N2O2/c1-11(2)24(10-13-5-4-6-16(23-13)18(20,21)22)15-8-7-12(9-14(15)19)17(25)26-3/h4-9,11H,10H2,1-3H3. The highest BCUT2D eigenvalue weighted by molar-refractivity contribution is 5.89. The number of alkyl halides is 3. The highest BCUT2D eigenvalue weighted by Crippen LogP contribution is 2.29. The first-order chi connectivity index (χ1) is 12.1. The van der Waals surface area contributed by atoms with Crippen LogP contribution in [0.15, 0.2) is 36.4 Å². The maximum Gasteiger partial charge on any atom is 0.433 e. The summed E-state index contributed by atoms with van der Waals surface area (Å²) in [6, 6.07) is 7.22. The minimum absolute atomic E-state index is 0.0178. The minimum Gasteiger partial charge on any atom is -0.465 e. The number of pyridine rings is 1. The van der Waals surface area contributed by atoms with Crippen molar-refractivity contribution in [3.63, 3.8) is 0 Å². The van der Waals surface area contributed by atoms with Crippen molar-refractivity contribution in [1.82, 2.24) is 4.98 Å². The number of hydrogen-bond acceptors (Lipinski definition) is 4. The van der Waals surface area contributed by atoms with Crippen LogP contribution in [0.2, 0.25) is 0 Å². The first-order valence-corrected chi connectivity index (χ1v) is 7.81. The number of aromatic nitrogens is 1. The van der Waals surface area contributed by atoms with Crippen molar-refractivity contribution >= 4 is 11.7 Å². The lowest BCUT2D eigenvalue weighted by Gasteiger charge is -2.29. The smallest absolute Gasteiger partial charge is 0.433 e. The van der Waals surface area contributed by atoms with Crippen LogP contribution in [-0.4, -0.2) is 24.1 Å². The molecule has 0 atom stereocenters. The van der Waals surface area contributed by atoms with Gasteiger partial charge in [0.15, 0.2) is 0 Å². The van der Waals surface area contributed by atoms with Gasteiger partial charge in [-0.25, -0.2) is 14.2 Å². The zero-order valence-corrected chi connectivity index (χ0v) is 14.5. The van der Waals surface area contributed by atoms with E-state index >= 15 is 0 Å². The van der Waals surface area contributed by atoms with E-state index in [1.165, 1.54) is 31.4 Å². The maximum atomic E-state index is 14.5. The molecule has 0 saturated heterocycles. The molecular weight excluding hydrogens is 352 g/mol. The fourth-order valence-corrected chi connectivity index (χ4v) is 2.43. The number of carbonyl (C=O) groups is 1. The van der Waals surface area contributed by atoms with Crippen LogP contribution in [0.4, 0.5) is 23.2 Å². The van der Waals surface area contributed by atoms with Crippen LogP contribution >= 0.6 is 0 Å². The topological polar surface area (TPSA) is 42.4 Å².